The molecule has 0 N–H and O–H groups in total. The number of halogens is 2. The summed E-state index contributed by atoms with van der Waals surface area (Å²) in [5.41, 5.74) is 2.98. The van der Waals surface area contributed by atoms with E-state index in [-0.39, 0.29) is 19.4 Å². The van der Waals surface area contributed by atoms with E-state index in [1.807, 2.05) is 32.0 Å². The molecule has 0 bridgehead atoms. The third-order valence-electron chi connectivity index (χ3n) is 3.27. The molecule has 0 aliphatic heterocycles. The van der Waals surface area contributed by atoms with E-state index in [0.29, 0.717) is 5.57 Å². The van der Waals surface area contributed by atoms with Crippen LogP contribution in [-0.2, 0) is 9.53 Å². The van der Waals surface area contributed by atoms with Crippen molar-refractivity contribution in [2.24, 2.45) is 0 Å². The third kappa shape index (κ3) is 6.19. The number of allylic oxidation sites excluding steroid dienone is 5. The smallest absolute Gasteiger partial charge is 0.306 e. The number of esters is 1. The highest BCUT2D eigenvalue weighted by Crippen LogP contribution is 2.27. The molecule has 1 rings (SSSR count). The quantitative estimate of drug-likeness (QED) is 0.499. The zero-order valence-corrected chi connectivity index (χ0v) is 13.8. The molecule has 0 fully saturated rings. The molecule has 1 aromatic carbocycles. The zero-order valence-electron chi connectivity index (χ0n) is 13.8. The lowest BCUT2D eigenvalue weighted by Crippen LogP contribution is -2.03. The highest BCUT2D eigenvalue weighted by Gasteiger charge is 2.10. The van der Waals surface area contributed by atoms with Crippen LogP contribution in [0.4, 0.5) is 8.78 Å². The molecule has 0 atom stereocenters. The lowest BCUT2D eigenvalue weighted by Gasteiger charge is -2.11. The normalized spacial score (nSPS) is 12.2. The Morgan fingerprint density at radius 2 is 1.78 bits per heavy atom. The third-order valence-corrected chi connectivity index (χ3v) is 3.27. The lowest BCUT2D eigenvalue weighted by molar-refractivity contribution is -0.143. The maximum absolute atomic E-state index is 14.1. The first-order valence-corrected chi connectivity index (χ1v) is 7.49. The first-order valence-electron chi connectivity index (χ1n) is 7.49. The van der Waals surface area contributed by atoms with Gasteiger partial charge < -0.3 is 4.74 Å². The van der Waals surface area contributed by atoms with Gasteiger partial charge >= 0.3 is 5.97 Å². The number of carbonyl (C=O) groups excluding carboxylic acids is 1. The van der Waals surface area contributed by atoms with E-state index in [4.69, 9.17) is 4.74 Å². The second-order valence-electron chi connectivity index (χ2n) is 5.21. The Bertz CT molecular complexity index is 623. The Hall–Kier alpha value is -2.23. The molecule has 0 spiro atoms. The van der Waals surface area contributed by atoms with Gasteiger partial charge in [-0.1, -0.05) is 24.8 Å². The Labute approximate surface area is 136 Å². The molecule has 0 radical (unpaired) electrons. The van der Waals surface area contributed by atoms with Crippen molar-refractivity contribution in [3.8, 4) is 0 Å². The monoisotopic (exact) mass is 320 g/mol. The Morgan fingerprint density at radius 3 is 2.30 bits per heavy atom. The summed E-state index contributed by atoms with van der Waals surface area (Å²) >= 11 is 0. The Kier molecular flexibility index (Phi) is 7.39. The maximum Gasteiger partial charge on any atom is 0.306 e. The summed E-state index contributed by atoms with van der Waals surface area (Å²) < 4.78 is 32.1. The van der Waals surface area contributed by atoms with E-state index < -0.39 is 17.6 Å². The molecule has 1 aromatic rings. The summed E-state index contributed by atoms with van der Waals surface area (Å²) in [7, 11) is 0. The van der Waals surface area contributed by atoms with Crippen molar-refractivity contribution in [1.82, 2.24) is 0 Å². The number of ether oxygens (including phenoxy) is 1. The number of hydrogen-bond acceptors (Lipinski definition) is 2. The van der Waals surface area contributed by atoms with Crippen LogP contribution in [0.3, 0.4) is 0 Å². The van der Waals surface area contributed by atoms with Crippen LogP contribution in [0.5, 0.6) is 0 Å². The molecule has 2 nitrogen and oxygen atoms in total. The fourth-order valence-electron chi connectivity index (χ4n) is 2.32. The van der Waals surface area contributed by atoms with E-state index in [2.05, 4.69) is 6.58 Å². The molecule has 4 heteroatoms. The summed E-state index contributed by atoms with van der Waals surface area (Å²) in [6, 6.07) is 5.64. The molecular weight excluding hydrogens is 298 g/mol. The van der Waals surface area contributed by atoms with Gasteiger partial charge in [-0.2, -0.15) is 0 Å². The highest BCUT2D eigenvalue weighted by atomic mass is 19.1. The summed E-state index contributed by atoms with van der Waals surface area (Å²) in [5, 5.41) is 0. The molecule has 0 saturated carbocycles. The van der Waals surface area contributed by atoms with Gasteiger partial charge in [-0.05, 0) is 55.2 Å². The number of hydrogen-bond donors (Lipinski definition) is 0. The molecule has 0 heterocycles. The maximum atomic E-state index is 14.1. The van der Waals surface area contributed by atoms with E-state index in [1.165, 1.54) is 12.2 Å². The topological polar surface area (TPSA) is 26.3 Å². The van der Waals surface area contributed by atoms with Gasteiger partial charge in [0.2, 0.25) is 0 Å². The summed E-state index contributed by atoms with van der Waals surface area (Å²) in [6.07, 6.45) is 2.31. The fourth-order valence-corrected chi connectivity index (χ4v) is 2.32. The van der Waals surface area contributed by atoms with Crippen LogP contribution in [0.15, 0.2) is 48.6 Å². The molecule has 0 saturated heterocycles. The van der Waals surface area contributed by atoms with Crippen molar-refractivity contribution in [2.75, 3.05) is 6.61 Å². The molecule has 0 aliphatic rings. The van der Waals surface area contributed by atoms with Crippen LogP contribution in [0.2, 0.25) is 0 Å². The fraction of sp³-hybridized carbons (Fsp3) is 0.316. The number of benzene rings is 1. The van der Waals surface area contributed by atoms with Crippen molar-refractivity contribution in [3.05, 3.63) is 65.3 Å². The zero-order chi connectivity index (χ0) is 17.4. The average Bonchev–Trinajstić information content (AvgIpc) is 2.44. The minimum atomic E-state index is -0.655. The van der Waals surface area contributed by atoms with Crippen LogP contribution < -0.4 is 0 Å². The summed E-state index contributed by atoms with van der Waals surface area (Å²) in [5.74, 6) is -1.62. The van der Waals surface area contributed by atoms with E-state index in [1.54, 1.807) is 6.92 Å². The Morgan fingerprint density at radius 1 is 1.17 bits per heavy atom. The second kappa shape index (κ2) is 9.03. The van der Waals surface area contributed by atoms with Crippen molar-refractivity contribution in [1.29, 1.82) is 0 Å². The standard InChI is InChI=1S/C19H22F2O2/c1-5-23-18(22)10-9-17(21)12-16(11-15(4)20)19-13(2)7-6-8-14(19)3/h6-8,11-12H,4-5,9-10H2,1-3H3/b16-11+,17-12-. The van der Waals surface area contributed by atoms with Crippen LogP contribution in [0.1, 0.15) is 36.5 Å². The lowest BCUT2D eigenvalue weighted by atomic mass is 9.94. The Balaban J connectivity index is 3.07. The summed E-state index contributed by atoms with van der Waals surface area (Å²) in [6.45, 7) is 8.93. The van der Waals surface area contributed by atoms with Gasteiger partial charge in [-0.3, -0.25) is 4.79 Å². The van der Waals surface area contributed by atoms with Crippen LogP contribution in [0.25, 0.3) is 5.57 Å². The number of rotatable bonds is 7. The molecule has 0 aliphatic carbocycles. The average molecular weight is 320 g/mol. The summed E-state index contributed by atoms with van der Waals surface area (Å²) in [4.78, 5) is 11.3. The molecular formula is C19H22F2O2. The van der Waals surface area contributed by atoms with Crippen LogP contribution >= 0.6 is 0 Å². The van der Waals surface area contributed by atoms with Gasteiger partial charge in [0.05, 0.1) is 13.0 Å². The predicted octanol–water partition coefficient (Wildman–Crippen LogP) is 5.37. The second-order valence-corrected chi connectivity index (χ2v) is 5.21. The van der Waals surface area contributed by atoms with Gasteiger partial charge in [0.25, 0.3) is 0 Å². The van der Waals surface area contributed by atoms with E-state index in [0.717, 1.165) is 16.7 Å². The van der Waals surface area contributed by atoms with Crippen LogP contribution in [0, 0.1) is 13.8 Å². The van der Waals surface area contributed by atoms with Crippen molar-refractivity contribution < 1.29 is 18.3 Å². The first kappa shape index (κ1) is 18.8. The highest BCUT2D eigenvalue weighted by molar-refractivity contribution is 5.79. The van der Waals surface area contributed by atoms with Gasteiger partial charge in [-0.25, -0.2) is 8.78 Å². The minimum absolute atomic E-state index is 0.0488. The first-order chi connectivity index (χ1) is 10.8. The molecule has 0 unspecified atom stereocenters. The SMILES string of the molecule is C=C(F)/C=C(\C=C(/F)CCC(=O)OCC)c1c(C)cccc1C. The number of carbonyl (C=O) groups is 1. The van der Waals surface area contributed by atoms with E-state index in [9.17, 15) is 13.6 Å². The largest absolute Gasteiger partial charge is 0.466 e. The predicted molar refractivity (Wildman–Crippen MR) is 89.2 cm³/mol. The van der Waals surface area contributed by atoms with E-state index >= 15 is 0 Å². The molecule has 0 aromatic heterocycles. The molecule has 0 amide bonds. The van der Waals surface area contributed by atoms with Gasteiger partial charge in [0.15, 0.2) is 0 Å². The minimum Gasteiger partial charge on any atom is -0.466 e. The van der Waals surface area contributed by atoms with Crippen molar-refractivity contribution >= 4 is 11.5 Å². The van der Waals surface area contributed by atoms with Gasteiger partial charge in [-0.15, -0.1) is 0 Å². The number of aryl methyl sites for hydroxylation is 2. The molecule has 23 heavy (non-hydrogen) atoms. The molecule has 124 valence electrons. The van der Waals surface area contributed by atoms with Crippen molar-refractivity contribution in [2.45, 2.75) is 33.6 Å². The van der Waals surface area contributed by atoms with Crippen molar-refractivity contribution in [3.63, 3.8) is 0 Å². The van der Waals surface area contributed by atoms with Gasteiger partial charge in [0, 0.05) is 6.42 Å². The van der Waals surface area contributed by atoms with Crippen LogP contribution in [-0.4, -0.2) is 12.6 Å². The van der Waals surface area contributed by atoms with Gasteiger partial charge in [0.1, 0.15) is 11.7 Å².